The molecule has 0 bridgehead atoms. The lowest BCUT2D eigenvalue weighted by Crippen LogP contribution is -2.44. The van der Waals surface area contributed by atoms with Crippen molar-refractivity contribution in [3.05, 3.63) is 70.8 Å². The summed E-state index contributed by atoms with van der Waals surface area (Å²) in [7, 11) is 3.75. The number of benzene rings is 2. The molecule has 2 unspecified atom stereocenters. The van der Waals surface area contributed by atoms with Gasteiger partial charge in [-0.15, -0.1) is 0 Å². The molecule has 1 saturated heterocycles. The normalized spacial score (nSPS) is 19.4. The van der Waals surface area contributed by atoms with Gasteiger partial charge < -0.3 is 10.1 Å². The molecule has 2 aromatic carbocycles. The number of carbonyl (C=O) groups is 1. The molecule has 2 atom stereocenters. The number of ketones is 1. The Kier molecular flexibility index (Phi) is 6.78. The third-order valence-electron chi connectivity index (χ3n) is 5.16. The number of hydrogen-bond acceptors (Lipinski definition) is 4. The van der Waals surface area contributed by atoms with Gasteiger partial charge in [0, 0.05) is 31.1 Å². The van der Waals surface area contributed by atoms with Crippen molar-refractivity contribution in [2.45, 2.75) is 31.9 Å². The highest BCUT2D eigenvalue weighted by molar-refractivity contribution is 5.96. The molecule has 0 spiro atoms. The summed E-state index contributed by atoms with van der Waals surface area (Å²) in [5, 5.41) is 2.75. The molecule has 0 aromatic heterocycles. The molecule has 2 aromatic rings. The number of Topliss-reactive ketones (excluding diaryl/α,β-unsaturated/α-hetero) is 1. The minimum Gasteiger partial charge on any atom is -0.371 e. The summed E-state index contributed by atoms with van der Waals surface area (Å²) in [6, 6.07) is 16.5. The molecule has 4 heteroatoms. The third kappa shape index (κ3) is 5.25. The van der Waals surface area contributed by atoms with Crippen LogP contribution in [0, 0.1) is 0 Å². The molecular weight excluding hydrogens is 336 g/mol. The lowest BCUT2D eigenvalue weighted by atomic mass is 10.0. The average Bonchev–Trinajstić information content (AvgIpc) is 3.48. The summed E-state index contributed by atoms with van der Waals surface area (Å²) in [4.78, 5) is 14.8. The number of nitrogens with zero attached hydrogens (tertiary/aromatic N) is 1. The number of hydrogen-bond donors (Lipinski definition) is 1. The van der Waals surface area contributed by atoms with Crippen LogP contribution >= 0.6 is 0 Å². The minimum absolute atomic E-state index is 0.124. The van der Waals surface area contributed by atoms with Crippen LogP contribution < -0.4 is 5.32 Å². The SMILES string of the molecule is CC(CC(=O)c1ccccc1)N1CCOC(c2ccc3c(c2)C3)C1.CNC. The van der Waals surface area contributed by atoms with Crippen LogP contribution in [-0.2, 0) is 11.2 Å². The fourth-order valence-electron chi connectivity index (χ4n) is 3.53. The van der Waals surface area contributed by atoms with Crippen molar-refractivity contribution in [1.82, 2.24) is 10.2 Å². The van der Waals surface area contributed by atoms with Gasteiger partial charge in [-0.1, -0.05) is 48.5 Å². The summed E-state index contributed by atoms with van der Waals surface area (Å²) in [5.41, 5.74) is 5.01. The fourth-order valence-corrected chi connectivity index (χ4v) is 3.53. The molecule has 0 radical (unpaired) electrons. The highest BCUT2D eigenvalue weighted by atomic mass is 16.5. The Hall–Kier alpha value is -2.01. The quantitative estimate of drug-likeness (QED) is 0.702. The molecule has 1 heterocycles. The molecule has 27 heavy (non-hydrogen) atoms. The molecule has 1 N–H and O–H groups in total. The van der Waals surface area contributed by atoms with E-state index in [1.54, 1.807) is 0 Å². The Morgan fingerprint density at radius 3 is 2.63 bits per heavy atom. The van der Waals surface area contributed by atoms with E-state index in [1.807, 2.05) is 44.4 Å². The Balaban J connectivity index is 0.000000659. The number of rotatable bonds is 5. The average molecular weight is 367 g/mol. The zero-order chi connectivity index (χ0) is 19.2. The van der Waals surface area contributed by atoms with E-state index in [9.17, 15) is 4.79 Å². The van der Waals surface area contributed by atoms with E-state index in [4.69, 9.17) is 4.74 Å². The van der Waals surface area contributed by atoms with E-state index in [-0.39, 0.29) is 17.9 Å². The standard InChI is InChI=1S/C21H23NO2.C2H7N/c1-15(11-20(23)16-5-3-2-4-6-16)22-9-10-24-21(14-22)18-8-7-17-12-19(17)13-18;1-3-2/h2-8,13,15,21H,9-12,14H2,1H3;3H,1-2H3. The maximum absolute atomic E-state index is 12.4. The zero-order valence-corrected chi connectivity index (χ0v) is 16.6. The van der Waals surface area contributed by atoms with Gasteiger partial charge in [0.15, 0.2) is 5.78 Å². The largest absolute Gasteiger partial charge is 0.371 e. The molecule has 1 fully saturated rings. The Morgan fingerprint density at radius 2 is 1.93 bits per heavy atom. The second-order valence-corrected chi connectivity index (χ2v) is 7.40. The first-order valence-corrected chi connectivity index (χ1v) is 9.76. The third-order valence-corrected chi connectivity index (χ3v) is 5.16. The van der Waals surface area contributed by atoms with Crippen molar-refractivity contribution in [3.63, 3.8) is 0 Å². The Bertz CT molecular complexity index is 760. The molecule has 144 valence electrons. The number of carbonyl (C=O) groups excluding carboxylic acids is 1. The van der Waals surface area contributed by atoms with Crippen LogP contribution in [0.2, 0.25) is 0 Å². The molecule has 2 aliphatic rings. The van der Waals surface area contributed by atoms with E-state index in [1.165, 1.54) is 16.7 Å². The molecule has 1 aliphatic heterocycles. The van der Waals surface area contributed by atoms with Crippen LogP contribution in [0.1, 0.15) is 46.5 Å². The van der Waals surface area contributed by atoms with Gasteiger partial charge in [-0.25, -0.2) is 0 Å². The fraction of sp³-hybridized carbons (Fsp3) is 0.435. The molecule has 4 nitrogen and oxygen atoms in total. The monoisotopic (exact) mass is 366 g/mol. The van der Waals surface area contributed by atoms with Crippen molar-refractivity contribution in [1.29, 1.82) is 0 Å². The number of morpholine rings is 1. The van der Waals surface area contributed by atoms with Crippen LogP contribution in [0.4, 0.5) is 0 Å². The Morgan fingerprint density at radius 1 is 1.19 bits per heavy atom. The predicted molar refractivity (Wildman–Crippen MR) is 109 cm³/mol. The Labute approximate surface area is 162 Å². The topological polar surface area (TPSA) is 41.6 Å². The van der Waals surface area contributed by atoms with Crippen LogP contribution in [-0.4, -0.2) is 50.5 Å². The summed E-state index contributed by atoms with van der Waals surface area (Å²) in [6.07, 6.45) is 1.82. The number of nitrogens with one attached hydrogen (secondary N) is 1. The van der Waals surface area contributed by atoms with E-state index in [0.717, 1.165) is 31.7 Å². The maximum Gasteiger partial charge on any atom is 0.164 e. The van der Waals surface area contributed by atoms with E-state index in [2.05, 4.69) is 35.3 Å². The van der Waals surface area contributed by atoms with E-state index >= 15 is 0 Å². The van der Waals surface area contributed by atoms with Gasteiger partial charge in [0.05, 0.1) is 12.7 Å². The van der Waals surface area contributed by atoms with E-state index < -0.39 is 0 Å². The van der Waals surface area contributed by atoms with Gasteiger partial charge in [-0.05, 0) is 44.1 Å². The second kappa shape index (κ2) is 9.27. The van der Waals surface area contributed by atoms with E-state index in [0.29, 0.717) is 6.42 Å². The van der Waals surface area contributed by atoms with Gasteiger partial charge in [0.2, 0.25) is 0 Å². The lowest BCUT2D eigenvalue weighted by Gasteiger charge is -2.36. The number of ether oxygens (including phenoxy) is 1. The van der Waals surface area contributed by atoms with Crippen molar-refractivity contribution in [2.24, 2.45) is 0 Å². The first kappa shape index (κ1) is 19.7. The van der Waals surface area contributed by atoms with Gasteiger partial charge in [0.1, 0.15) is 0 Å². The van der Waals surface area contributed by atoms with Crippen molar-refractivity contribution < 1.29 is 9.53 Å². The molecule has 0 saturated carbocycles. The van der Waals surface area contributed by atoms with Crippen LogP contribution in [0.3, 0.4) is 0 Å². The molecule has 1 aliphatic carbocycles. The van der Waals surface area contributed by atoms with Crippen LogP contribution in [0.5, 0.6) is 0 Å². The minimum atomic E-state index is 0.124. The van der Waals surface area contributed by atoms with Gasteiger partial charge in [0.25, 0.3) is 0 Å². The summed E-state index contributed by atoms with van der Waals surface area (Å²) >= 11 is 0. The lowest BCUT2D eigenvalue weighted by molar-refractivity contribution is -0.0426. The van der Waals surface area contributed by atoms with Crippen molar-refractivity contribution in [3.8, 4) is 0 Å². The van der Waals surface area contributed by atoms with Crippen LogP contribution in [0.15, 0.2) is 48.5 Å². The predicted octanol–water partition coefficient (Wildman–Crippen LogP) is 3.46. The molecule has 0 amide bonds. The van der Waals surface area contributed by atoms with Gasteiger partial charge in [-0.3, -0.25) is 9.69 Å². The van der Waals surface area contributed by atoms with Crippen LogP contribution in [0.25, 0.3) is 0 Å². The highest BCUT2D eigenvalue weighted by Crippen LogP contribution is 2.33. The maximum atomic E-state index is 12.4. The molecular formula is C23H30N2O2. The van der Waals surface area contributed by atoms with Gasteiger partial charge >= 0.3 is 0 Å². The smallest absolute Gasteiger partial charge is 0.164 e. The summed E-state index contributed by atoms with van der Waals surface area (Å²) in [6.45, 7) is 4.63. The number of fused-ring (bicyclic) bond motifs is 1. The van der Waals surface area contributed by atoms with Gasteiger partial charge in [-0.2, -0.15) is 0 Å². The highest BCUT2D eigenvalue weighted by Gasteiger charge is 2.28. The summed E-state index contributed by atoms with van der Waals surface area (Å²) in [5.74, 6) is 0.218. The zero-order valence-electron chi connectivity index (χ0n) is 16.6. The first-order chi connectivity index (χ1) is 13.1. The van der Waals surface area contributed by atoms with Crippen molar-refractivity contribution in [2.75, 3.05) is 33.8 Å². The first-order valence-electron chi connectivity index (χ1n) is 9.76. The summed E-state index contributed by atoms with van der Waals surface area (Å²) < 4.78 is 5.99. The molecule has 4 rings (SSSR count). The second-order valence-electron chi connectivity index (χ2n) is 7.40. The van der Waals surface area contributed by atoms with Crippen molar-refractivity contribution >= 4 is 5.78 Å².